The minimum atomic E-state index is -0.725. The molecule has 1 aromatic carbocycles. The van der Waals surface area contributed by atoms with Gasteiger partial charge >= 0.3 is 5.97 Å². The summed E-state index contributed by atoms with van der Waals surface area (Å²) in [5.41, 5.74) is 0.397. The van der Waals surface area contributed by atoms with Crippen LogP contribution in [0.3, 0.4) is 0 Å². The topological polar surface area (TPSA) is 88.8 Å². The Morgan fingerprint density at radius 2 is 2.15 bits per heavy atom. The Bertz CT molecular complexity index is 545. The van der Waals surface area contributed by atoms with Gasteiger partial charge in [-0.3, -0.25) is 0 Å². The van der Waals surface area contributed by atoms with Gasteiger partial charge in [-0.05, 0) is 23.8 Å². The maximum absolute atomic E-state index is 11.6. The number of carbonyl (C=O) groups excluding carboxylic acids is 1. The number of nitriles is 1. The summed E-state index contributed by atoms with van der Waals surface area (Å²) in [6.45, 7) is 0.338. The highest BCUT2D eigenvalue weighted by Gasteiger charge is 2.11. The van der Waals surface area contributed by atoms with Crippen molar-refractivity contribution in [3.63, 3.8) is 0 Å². The van der Waals surface area contributed by atoms with E-state index in [0.29, 0.717) is 5.56 Å². The Kier molecular flexibility index (Phi) is 6.07. The van der Waals surface area contributed by atoms with E-state index in [4.69, 9.17) is 19.5 Å². The lowest BCUT2D eigenvalue weighted by molar-refractivity contribution is -0.139. The molecule has 1 aromatic rings. The molecule has 0 spiro atoms. The van der Waals surface area contributed by atoms with Crippen molar-refractivity contribution in [1.29, 1.82) is 5.26 Å². The Morgan fingerprint density at radius 1 is 1.40 bits per heavy atom. The molecule has 106 valence electrons. The Hall–Kier alpha value is -2.52. The summed E-state index contributed by atoms with van der Waals surface area (Å²) >= 11 is 0. The normalized spacial score (nSPS) is 10.8. The molecule has 6 nitrogen and oxygen atoms in total. The van der Waals surface area contributed by atoms with Gasteiger partial charge in [0, 0.05) is 7.11 Å². The lowest BCUT2D eigenvalue weighted by atomic mass is 10.1. The van der Waals surface area contributed by atoms with Crippen LogP contribution < -0.4 is 4.74 Å². The van der Waals surface area contributed by atoms with Gasteiger partial charge in [0.15, 0.2) is 11.5 Å². The van der Waals surface area contributed by atoms with E-state index in [0.717, 1.165) is 0 Å². The molecule has 1 N–H and O–H groups in total. The summed E-state index contributed by atoms with van der Waals surface area (Å²) in [6, 6.07) is 6.25. The number of benzene rings is 1. The number of ether oxygens (including phenoxy) is 3. The van der Waals surface area contributed by atoms with Crippen LogP contribution in [-0.2, 0) is 14.3 Å². The van der Waals surface area contributed by atoms with Crippen LogP contribution in [0, 0.1) is 11.3 Å². The first-order valence-electron chi connectivity index (χ1n) is 5.77. The van der Waals surface area contributed by atoms with E-state index in [1.807, 2.05) is 0 Å². The zero-order chi connectivity index (χ0) is 15.0. The predicted octanol–water partition coefficient (Wildman–Crippen LogP) is 1.50. The van der Waals surface area contributed by atoms with Gasteiger partial charge in [-0.2, -0.15) is 5.26 Å². The van der Waals surface area contributed by atoms with Crippen LogP contribution in [0.15, 0.2) is 23.8 Å². The third-order valence-electron chi connectivity index (χ3n) is 2.38. The number of aromatic hydroxyl groups is 1. The Labute approximate surface area is 116 Å². The summed E-state index contributed by atoms with van der Waals surface area (Å²) in [5, 5.41) is 18.4. The van der Waals surface area contributed by atoms with E-state index >= 15 is 0 Å². The van der Waals surface area contributed by atoms with Gasteiger partial charge in [0.2, 0.25) is 0 Å². The molecule has 0 saturated carbocycles. The van der Waals surface area contributed by atoms with Gasteiger partial charge in [0.1, 0.15) is 18.2 Å². The molecule has 0 aliphatic carbocycles. The van der Waals surface area contributed by atoms with E-state index in [-0.39, 0.29) is 30.3 Å². The molecule has 0 aromatic heterocycles. The largest absolute Gasteiger partial charge is 0.504 e. The molecule has 0 bridgehead atoms. The Morgan fingerprint density at radius 3 is 2.75 bits per heavy atom. The summed E-state index contributed by atoms with van der Waals surface area (Å²) in [5.74, 6) is -0.494. The minimum Gasteiger partial charge on any atom is -0.504 e. The second-order valence-electron chi connectivity index (χ2n) is 3.73. The van der Waals surface area contributed by atoms with Crippen LogP contribution in [0.1, 0.15) is 5.56 Å². The minimum absolute atomic E-state index is 0.0224. The van der Waals surface area contributed by atoms with Crippen molar-refractivity contribution in [3.05, 3.63) is 29.3 Å². The first-order valence-corrected chi connectivity index (χ1v) is 5.77. The molecule has 0 amide bonds. The SMILES string of the molecule is COCCOC(=O)/C(C#N)=C/c1ccc(O)c(OC)c1. The van der Waals surface area contributed by atoms with Crippen LogP contribution in [-0.4, -0.2) is 38.5 Å². The van der Waals surface area contributed by atoms with Gasteiger partial charge in [0.05, 0.1) is 13.7 Å². The fourth-order valence-corrected chi connectivity index (χ4v) is 1.38. The van der Waals surface area contributed by atoms with E-state index in [9.17, 15) is 9.90 Å². The number of esters is 1. The fraction of sp³-hybridized carbons (Fsp3) is 0.286. The smallest absolute Gasteiger partial charge is 0.348 e. The number of methoxy groups -OCH3 is 2. The van der Waals surface area contributed by atoms with Gasteiger partial charge in [0.25, 0.3) is 0 Å². The molecule has 6 heteroatoms. The number of phenols is 1. The van der Waals surface area contributed by atoms with E-state index < -0.39 is 5.97 Å². The molecular weight excluding hydrogens is 262 g/mol. The highest BCUT2D eigenvalue weighted by molar-refractivity contribution is 5.97. The molecule has 0 atom stereocenters. The van der Waals surface area contributed by atoms with Crippen LogP contribution in [0.4, 0.5) is 0 Å². The van der Waals surface area contributed by atoms with Crippen molar-refractivity contribution in [2.45, 2.75) is 0 Å². The molecule has 20 heavy (non-hydrogen) atoms. The second-order valence-corrected chi connectivity index (χ2v) is 3.73. The lowest BCUT2D eigenvalue weighted by Gasteiger charge is -2.05. The summed E-state index contributed by atoms with van der Waals surface area (Å²) in [4.78, 5) is 11.6. The van der Waals surface area contributed by atoms with Crippen molar-refractivity contribution in [3.8, 4) is 17.6 Å². The van der Waals surface area contributed by atoms with Gasteiger partial charge in [-0.25, -0.2) is 4.79 Å². The van der Waals surface area contributed by atoms with Crippen molar-refractivity contribution in [1.82, 2.24) is 0 Å². The van der Waals surface area contributed by atoms with Gasteiger partial charge in [-0.1, -0.05) is 6.07 Å². The molecule has 0 radical (unpaired) electrons. The molecular formula is C14H15NO5. The molecule has 0 fully saturated rings. The van der Waals surface area contributed by atoms with E-state index in [1.165, 1.54) is 32.4 Å². The number of hydrogen-bond donors (Lipinski definition) is 1. The maximum atomic E-state index is 11.6. The predicted molar refractivity (Wildman–Crippen MR) is 71.1 cm³/mol. The number of nitrogens with zero attached hydrogens (tertiary/aromatic N) is 1. The fourth-order valence-electron chi connectivity index (χ4n) is 1.38. The number of rotatable bonds is 6. The second kappa shape index (κ2) is 7.81. The quantitative estimate of drug-likeness (QED) is 0.367. The van der Waals surface area contributed by atoms with Crippen LogP contribution in [0.2, 0.25) is 0 Å². The van der Waals surface area contributed by atoms with E-state index in [1.54, 1.807) is 12.1 Å². The number of hydrogen-bond acceptors (Lipinski definition) is 6. The van der Waals surface area contributed by atoms with Crippen molar-refractivity contribution in [2.75, 3.05) is 27.4 Å². The summed E-state index contributed by atoms with van der Waals surface area (Å²) < 4.78 is 14.5. The molecule has 0 aliphatic heterocycles. The van der Waals surface area contributed by atoms with Crippen molar-refractivity contribution in [2.24, 2.45) is 0 Å². The first-order chi connectivity index (χ1) is 9.62. The van der Waals surface area contributed by atoms with Crippen LogP contribution >= 0.6 is 0 Å². The highest BCUT2D eigenvalue weighted by Crippen LogP contribution is 2.27. The molecule has 0 unspecified atom stereocenters. The Balaban J connectivity index is 2.89. The molecule has 0 aliphatic rings. The van der Waals surface area contributed by atoms with E-state index in [2.05, 4.69) is 0 Å². The monoisotopic (exact) mass is 277 g/mol. The molecule has 0 heterocycles. The summed E-state index contributed by atoms with van der Waals surface area (Å²) in [6.07, 6.45) is 1.36. The van der Waals surface area contributed by atoms with Crippen molar-refractivity contribution >= 4 is 12.0 Å². The molecule has 0 saturated heterocycles. The molecule has 1 rings (SSSR count). The highest BCUT2D eigenvalue weighted by atomic mass is 16.6. The number of phenolic OH excluding ortho intramolecular Hbond substituents is 1. The summed E-state index contributed by atoms with van der Waals surface area (Å²) in [7, 11) is 2.89. The average Bonchev–Trinajstić information content (AvgIpc) is 2.46. The maximum Gasteiger partial charge on any atom is 0.348 e. The average molecular weight is 277 g/mol. The third kappa shape index (κ3) is 4.30. The van der Waals surface area contributed by atoms with Crippen molar-refractivity contribution < 1.29 is 24.1 Å². The standard InChI is InChI=1S/C14H15NO5/c1-18-5-6-20-14(17)11(9-15)7-10-3-4-12(16)13(8-10)19-2/h3-4,7-8,16H,5-6H2,1-2H3/b11-7+. The number of carbonyl (C=O) groups is 1. The first kappa shape index (κ1) is 15.5. The lowest BCUT2D eigenvalue weighted by Crippen LogP contribution is -2.11. The van der Waals surface area contributed by atoms with Crippen LogP contribution in [0.25, 0.3) is 6.08 Å². The zero-order valence-electron chi connectivity index (χ0n) is 11.3. The van der Waals surface area contributed by atoms with Gasteiger partial charge < -0.3 is 19.3 Å². The van der Waals surface area contributed by atoms with Crippen LogP contribution in [0.5, 0.6) is 11.5 Å². The third-order valence-corrected chi connectivity index (χ3v) is 2.38. The zero-order valence-corrected chi connectivity index (χ0v) is 11.3. The van der Waals surface area contributed by atoms with Gasteiger partial charge in [-0.15, -0.1) is 0 Å².